The van der Waals surface area contributed by atoms with E-state index in [4.69, 9.17) is 4.42 Å². The highest BCUT2D eigenvalue weighted by molar-refractivity contribution is 5.77. The van der Waals surface area contributed by atoms with Crippen molar-refractivity contribution >= 4 is 11.0 Å². The number of imidazole rings is 1. The average Bonchev–Trinajstić information content (AvgIpc) is 3.35. The Bertz CT molecular complexity index is 987. The molecule has 2 heterocycles. The first-order chi connectivity index (χ1) is 13.2. The predicted molar refractivity (Wildman–Crippen MR) is 108 cm³/mol. The van der Waals surface area contributed by atoms with Crippen molar-refractivity contribution in [1.82, 2.24) is 19.8 Å². The third kappa shape index (κ3) is 3.79. The van der Waals surface area contributed by atoms with E-state index in [1.54, 1.807) is 6.26 Å². The average molecular weight is 360 g/mol. The topological polar surface area (TPSA) is 46.2 Å². The lowest BCUT2D eigenvalue weighted by atomic mass is 10.1. The van der Waals surface area contributed by atoms with Gasteiger partial charge in [-0.05, 0) is 56.1 Å². The van der Waals surface area contributed by atoms with Crippen LogP contribution in [0.5, 0.6) is 0 Å². The van der Waals surface area contributed by atoms with Gasteiger partial charge in [0.15, 0.2) is 0 Å². The summed E-state index contributed by atoms with van der Waals surface area (Å²) in [5, 5.41) is 3.53. The smallest absolute Gasteiger partial charge is 0.122 e. The molecule has 5 nitrogen and oxygen atoms in total. The number of fused-ring (bicyclic) bond motifs is 1. The molecule has 0 unspecified atom stereocenters. The summed E-state index contributed by atoms with van der Waals surface area (Å²) in [4.78, 5) is 6.63. The second-order valence-corrected chi connectivity index (χ2v) is 6.90. The van der Waals surface area contributed by atoms with Crippen LogP contribution in [0, 0.1) is 0 Å². The van der Waals surface area contributed by atoms with Crippen molar-refractivity contribution in [2.24, 2.45) is 0 Å². The Morgan fingerprint density at radius 3 is 2.59 bits per heavy atom. The van der Waals surface area contributed by atoms with Crippen molar-refractivity contribution in [3.63, 3.8) is 0 Å². The highest BCUT2D eigenvalue weighted by Crippen LogP contribution is 2.19. The summed E-state index contributed by atoms with van der Waals surface area (Å²) in [7, 11) is 4.14. The van der Waals surface area contributed by atoms with E-state index in [1.165, 1.54) is 5.56 Å². The molecule has 2 aromatic carbocycles. The molecule has 27 heavy (non-hydrogen) atoms. The molecule has 4 rings (SSSR count). The van der Waals surface area contributed by atoms with Crippen molar-refractivity contribution in [3.05, 3.63) is 84.6 Å². The number of likely N-dealkylation sites (N-methyl/N-ethyl adjacent to an activating group) is 1. The molecular formula is C22H24N4O. The van der Waals surface area contributed by atoms with Crippen LogP contribution >= 0.6 is 0 Å². The molecule has 0 bridgehead atoms. The lowest BCUT2D eigenvalue weighted by molar-refractivity contribution is 0.250. The largest absolute Gasteiger partial charge is 0.468 e. The molecule has 0 aliphatic heterocycles. The zero-order valence-electron chi connectivity index (χ0n) is 15.7. The molecule has 0 fully saturated rings. The van der Waals surface area contributed by atoms with Crippen LogP contribution in [0.4, 0.5) is 0 Å². The molecule has 4 aromatic rings. The fraction of sp³-hybridized carbons (Fsp3) is 0.227. The van der Waals surface area contributed by atoms with E-state index in [2.05, 4.69) is 64.2 Å². The van der Waals surface area contributed by atoms with E-state index in [1.807, 2.05) is 36.7 Å². The number of nitrogens with zero attached hydrogens (tertiary/aromatic N) is 3. The van der Waals surface area contributed by atoms with Gasteiger partial charge in [-0.15, -0.1) is 0 Å². The summed E-state index contributed by atoms with van der Waals surface area (Å²) >= 11 is 0. The van der Waals surface area contributed by atoms with Crippen LogP contribution in [0.1, 0.15) is 17.4 Å². The van der Waals surface area contributed by atoms with Crippen LogP contribution < -0.4 is 5.32 Å². The van der Waals surface area contributed by atoms with Crippen LogP contribution in [0.25, 0.3) is 16.7 Å². The molecule has 138 valence electrons. The van der Waals surface area contributed by atoms with Gasteiger partial charge in [0.05, 0.1) is 23.3 Å². The van der Waals surface area contributed by atoms with E-state index in [-0.39, 0.29) is 6.04 Å². The number of para-hydroxylation sites is 2. The number of furan rings is 1. The number of benzene rings is 2. The van der Waals surface area contributed by atoms with E-state index in [0.717, 1.165) is 35.6 Å². The van der Waals surface area contributed by atoms with E-state index >= 15 is 0 Å². The molecule has 0 amide bonds. The van der Waals surface area contributed by atoms with Crippen LogP contribution in [0.15, 0.2) is 77.7 Å². The molecule has 0 aliphatic carbocycles. The number of rotatable bonds is 7. The quantitative estimate of drug-likeness (QED) is 0.541. The normalized spacial score (nSPS) is 12.7. The number of aromatic nitrogens is 2. The molecule has 2 aromatic heterocycles. The SMILES string of the molecule is CN(C)[C@H](CNCc1ccc(-n2cnc3ccccc32)cc1)c1ccco1. The number of hydrogen-bond acceptors (Lipinski definition) is 4. The van der Waals surface area contributed by atoms with Gasteiger partial charge in [-0.3, -0.25) is 9.47 Å². The van der Waals surface area contributed by atoms with Gasteiger partial charge in [0.2, 0.25) is 0 Å². The molecule has 1 N–H and O–H groups in total. The molecular weight excluding hydrogens is 336 g/mol. The van der Waals surface area contributed by atoms with Gasteiger partial charge in [-0.25, -0.2) is 4.98 Å². The second kappa shape index (κ2) is 7.78. The maximum Gasteiger partial charge on any atom is 0.122 e. The minimum atomic E-state index is 0.219. The van der Waals surface area contributed by atoms with Gasteiger partial charge in [0, 0.05) is 18.8 Å². The van der Waals surface area contributed by atoms with Crippen LogP contribution in [-0.4, -0.2) is 35.1 Å². The zero-order valence-corrected chi connectivity index (χ0v) is 15.7. The first-order valence-corrected chi connectivity index (χ1v) is 9.14. The molecule has 0 aliphatic rings. The lowest BCUT2D eigenvalue weighted by Gasteiger charge is -2.22. The van der Waals surface area contributed by atoms with Crippen LogP contribution in [0.3, 0.4) is 0 Å². The Morgan fingerprint density at radius 1 is 1.04 bits per heavy atom. The van der Waals surface area contributed by atoms with Gasteiger partial charge < -0.3 is 9.73 Å². The minimum Gasteiger partial charge on any atom is -0.468 e. The highest BCUT2D eigenvalue weighted by atomic mass is 16.3. The maximum atomic E-state index is 5.56. The molecule has 0 saturated carbocycles. The molecule has 1 atom stereocenters. The van der Waals surface area contributed by atoms with E-state index in [9.17, 15) is 0 Å². The van der Waals surface area contributed by atoms with Crippen molar-refractivity contribution in [2.75, 3.05) is 20.6 Å². The zero-order chi connectivity index (χ0) is 18.6. The van der Waals surface area contributed by atoms with Crippen LogP contribution in [-0.2, 0) is 6.54 Å². The fourth-order valence-corrected chi connectivity index (χ4v) is 3.31. The van der Waals surface area contributed by atoms with Gasteiger partial charge >= 0.3 is 0 Å². The summed E-state index contributed by atoms with van der Waals surface area (Å²) in [6.07, 6.45) is 3.60. The van der Waals surface area contributed by atoms with Crippen molar-refractivity contribution in [1.29, 1.82) is 0 Å². The van der Waals surface area contributed by atoms with E-state index in [0.29, 0.717) is 0 Å². The molecule has 5 heteroatoms. The second-order valence-electron chi connectivity index (χ2n) is 6.90. The van der Waals surface area contributed by atoms with Crippen molar-refractivity contribution in [3.8, 4) is 5.69 Å². The maximum absolute atomic E-state index is 5.56. The first-order valence-electron chi connectivity index (χ1n) is 9.14. The third-order valence-corrected chi connectivity index (χ3v) is 4.83. The Hall–Kier alpha value is -2.89. The number of hydrogen-bond donors (Lipinski definition) is 1. The lowest BCUT2D eigenvalue weighted by Crippen LogP contribution is -2.30. The van der Waals surface area contributed by atoms with Crippen molar-refractivity contribution in [2.45, 2.75) is 12.6 Å². The van der Waals surface area contributed by atoms with E-state index < -0.39 is 0 Å². The summed E-state index contributed by atoms with van der Waals surface area (Å²) in [5.41, 5.74) is 4.50. The Balaban J connectivity index is 1.41. The van der Waals surface area contributed by atoms with Gasteiger partial charge in [-0.2, -0.15) is 0 Å². The number of nitrogens with one attached hydrogen (secondary N) is 1. The first kappa shape index (κ1) is 17.5. The molecule has 0 radical (unpaired) electrons. The van der Waals surface area contributed by atoms with Gasteiger partial charge in [0.1, 0.15) is 12.1 Å². The fourth-order valence-electron chi connectivity index (χ4n) is 3.31. The monoisotopic (exact) mass is 360 g/mol. The molecule has 0 spiro atoms. The van der Waals surface area contributed by atoms with Crippen molar-refractivity contribution < 1.29 is 4.42 Å². The summed E-state index contributed by atoms with van der Waals surface area (Å²) < 4.78 is 7.68. The van der Waals surface area contributed by atoms with Gasteiger partial charge in [0.25, 0.3) is 0 Å². The standard InChI is InChI=1S/C22H24N4O/c1-25(2)21(22-8-5-13-27-22)15-23-14-17-9-11-18(12-10-17)26-16-24-19-6-3-4-7-20(19)26/h3-13,16,21,23H,14-15H2,1-2H3/t21-/m1/s1. The summed E-state index contributed by atoms with van der Waals surface area (Å²) in [6, 6.07) is 21.0. The Labute approximate surface area is 159 Å². The predicted octanol–water partition coefficient (Wildman–Crippen LogP) is 4.01. The summed E-state index contributed by atoms with van der Waals surface area (Å²) in [6.45, 7) is 1.64. The van der Waals surface area contributed by atoms with Gasteiger partial charge in [-0.1, -0.05) is 24.3 Å². The Morgan fingerprint density at radius 2 is 1.85 bits per heavy atom. The highest BCUT2D eigenvalue weighted by Gasteiger charge is 2.16. The third-order valence-electron chi connectivity index (χ3n) is 4.83. The minimum absolute atomic E-state index is 0.219. The Kier molecular flexibility index (Phi) is 5.05. The summed E-state index contributed by atoms with van der Waals surface area (Å²) in [5.74, 6) is 0.981. The van der Waals surface area contributed by atoms with Crippen LogP contribution in [0.2, 0.25) is 0 Å². The molecule has 0 saturated heterocycles.